The predicted molar refractivity (Wildman–Crippen MR) is 167 cm³/mol. The largest absolute Gasteiger partial charge is 0.504 e. The number of methoxy groups -OCH3 is 2. The molecule has 2 aromatic rings. The molecule has 2 N–H and O–H groups in total. The molecule has 254 valence electrons. The van der Waals surface area contributed by atoms with Gasteiger partial charge in [-0.15, -0.1) is 0 Å². The summed E-state index contributed by atoms with van der Waals surface area (Å²) in [6.07, 6.45) is 1.85. The number of carbonyl (C=O) groups excluding carboxylic acids is 4. The zero-order valence-corrected chi connectivity index (χ0v) is 27.0. The highest BCUT2D eigenvalue weighted by molar-refractivity contribution is 6.38. The predicted octanol–water partition coefficient (Wildman–Crippen LogP) is 3.80. The van der Waals surface area contributed by atoms with Gasteiger partial charge in [-0.1, -0.05) is 24.8 Å². The van der Waals surface area contributed by atoms with Crippen LogP contribution in [0.4, 0.5) is 0 Å². The molecule has 1 unspecified atom stereocenters. The van der Waals surface area contributed by atoms with E-state index in [1.165, 1.54) is 33.0 Å². The molecule has 13 nitrogen and oxygen atoms in total. The second kappa shape index (κ2) is 16.5. The Hall–Kier alpha value is -5.07. The summed E-state index contributed by atoms with van der Waals surface area (Å²) in [5.41, 5.74) is -0.389. The number of esters is 2. The van der Waals surface area contributed by atoms with Gasteiger partial charge in [0.2, 0.25) is 11.5 Å². The Kier molecular flexibility index (Phi) is 12.8. The van der Waals surface area contributed by atoms with E-state index in [0.29, 0.717) is 29.7 Å². The normalized spacial score (nSPS) is 15.1. The number of piperidine rings is 1. The van der Waals surface area contributed by atoms with Gasteiger partial charge in [0.1, 0.15) is 24.5 Å². The summed E-state index contributed by atoms with van der Waals surface area (Å²) < 4.78 is 26.9. The molecule has 1 aliphatic heterocycles. The van der Waals surface area contributed by atoms with Crippen LogP contribution in [0, 0.1) is 5.41 Å². The summed E-state index contributed by atoms with van der Waals surface area (Å²) in [5.74, 6) is -3.77. The summed E-state index contributed by atoms with van der Waals surface area (Å²) in [5, 5.41) is 19.9. The minimum atomic E-state index is -1.36. The molecule has 3 rings (SSSR count). The average Bonchev–Trinajstić information content (AvgIpc) is 3.07. The Morgan fingerprint density at radius 1 is 1.09 bits per heavy atom. The summed E-state index contributed by atoms with van der Waals surface area (Å²) in [6.45, 7) is 5.48. The number of benzene rings is 2. The number of rotatable bonds is 16. The van der Waals surface area contributed by atoms with Gasteiger partial charge in [-0.2, -0.15) is 0 Å². The van der Waals surface area contributed by atoms with Crippen LogP contribution in [0.2, 0.25) is 0 Å². The number of carbonyl (C=O) groups is 5. The molecule has 1 heterocycles. The van der Waals surface area contributed by atoms with Crippen LogP contribution >= 0.6 is 0 Å². The quantitative estimate of drug-likeness (QED) is 0.152. The second-order valence-electron chi connectivity index (χ2n) is 11.6. The van der Waals surface area contributed by atoms with E-state index < -0.39 is 53.8 Å². The molecule has 0 saturated carbocycles. The first kappa shape index (κ1) is 36.4. The van der Waals surface area contributed by atoms with Gasteiger partial charge in [-0.25, -0.2) is 14.4 Å². The number of phenolic OH excluding ortho intramolecular Hbond substituents is 1. The standard InChI is InChI=1S/C34H41NO12/c1-6-28(38)46-20-34(2,3)31(40)32(41)35-17-8-7-12-24(35)33(42)47-25(22-10-9-11-23(18-22)45-19-27(36)37)15-13-21-14-16-26(43-4)30(44-5)29(21)39/h6,9-11,14,16,18,24-25,39H,1,7-8,12-13,15,17,19-20H2,2-5H3,(H,36,37)/t24-,25?/m0/s1. The molecular formula is C34H41NO12. The van der Waals surface area contributed by atoms with Gasteiger partial charge < -0.3 is 38.8 Å². The van der Waals surface area contributed by atoms with Crippen LogP contribution in [0.3, 0.4) is 0 Å². The highest BCUT2D eigenvalue weighted by Gasteiger charge is 2.42. The number of aryl methyl sites for hydroxylation is 1. The van der Waals surface area contributed by atoms with Crippen molar-refractivity contribution in [3.05, 3.63) is 60.2 Å². The molecule has 1 fully saturated rings. The van der Waals surface area contributed by atoms with Crippen molar-refractivity contribution < 1.29 is 57.9 Å². The lowest BCUT2D eigenvalue weighted by atomic mass is 9.87. The molecule has 47 heavy (non-hydrogen) atoms. The third kappa shape index (κ3) is 9.47. The Labute approximate surface area is 273 Å². The molecule has 1 aliphatic rings. The monoisotopic (exact) mass is 655 g/mol. The van der Waals surface area contributed by atoms with Gasteiger partial charge in [0.05, 0.1) is 19.6 Å². The van der Waals surface area contributed by atoms with E-state index in [1.54, 1.807) is 36.4 Å². The number of nitrogens with zero attached hydrogens (tertiary/aromatic N) is 1. The lowest BCUT2D eigenvalue weighted by Crippen LogP contribution is -2.53. The number of carboxylic acids is 1. The lowest BCUT2D eigenvalue weighted by molar-refractivity contribution is -0.165. The van der Waals surface area contributed by atoms with Gasteiger partial charge in [0, 0.05) is 12.6 Å². The van der Waals surface area contributed by atoms with Crippen molar-refractivity contribution in [1.82, 2.24) is 4.90 Å². The van der Waals surface area contributed by atoms with Crippen molar-refractivity contribution in [3.8, 4) is 23.0 Å². The molecule has 1 saturated heterocycles. The molecule has 0 aliphatic carbocycles. The molecular weight excluding hydrogens is 614 g/mol. The minimum Gasteiger partial charge on any atom is -0.504 e. The average molecular weight is 656 g/mol. The van der Waals surface area contributed by atoms with Crippen molar-refractivity contribution >= 4 is 29.6 Å². The topological polar surface area (TPSA) is 175 Å². The van der Waals surface area contributed by atoms with E-state index in [0.717, 1.165) is 6.08 Å². The van der Waals surface area contributed by atoms with Crippen molar-refractivity contribution in [1.29, 1.82) is 0 Å². The first-order valence-corrected chi connectivity index (χ1v) is 15.0. The van der Waals surface area contributed by atoms with Gasteiger partial charge in [0.25, 0.3) is 5.91 Å². The van der Waals surface area contributed by atoms with Crippen molar-refractivity contribution in [2.24, 2.45) is 5.41 Å². The third-order valence-electron chi connectivity index (χ3n) is 7.72. The number of aromatic hydroxyl groups is 1. The van der Waals surface area contributed by atoms with Crippen LogP contribution < -0.4 is 14.2 Å². The van der Waals surface area contributed by atoms with Crippen LogP contribution in [0.15, 0.2) is 49.1 Å². The smallest absolute Gasteiger partial charge is 0.341 e. The van der Waals surface area contributed by atoms with Crippen molar-refractivity contribution in [2.45, 2.75) is 58.1 Å². The zero-order chi connectivity index (χ0) is 34.7. The number of hydrogen-bond acceptors (Lipinski definition) is 11. The van der Waals surface area contributed by atoms with Crippen molar-refractivity contribution in [3.63, 3.8) is 0 Å². The maximum Gasteiger partial charge on any atom is 0.341 e. The lowest BCUT2D eigenvalue weighted by Gasteiger charge is -2.36. The van der Waals surface area contributed by atoms with Crippen LogP contribution in [-0.4, -0.2) is 84.7 Å². The maximum absolute atomic E-state index is 13.8. The van der Waals surface area contributed by atoms with Crippen LogP contribution in [0.5, 0.6) is 23.0 Å². The van der Waals surface area contributed by atoms with E-state index in [9.17, 15) is 29.1 Å². The van der Waals surface area contributed by atoms with Crippen LogP contribution in [0.25, 0.3) is 0 Å². The van der Waals surface area contributed by atoms with E-state index in [-0.39, 0.29) is 49.7 Å². The number of Topliss-reactive ketones (excluding diaryl/α,β-unsaturated/α-hetero) is 1. The Morgan fingerprint density at radius 2 is 1.83 bits per heavy atom. The zero-order valence-electron chi connectivity index (χ0n) is 27.0. The number of hydrogen-bond donors (Lipinski definition) is 2. The molecule has 1 amide bonds. The molecule has 0 bridgehead atoms. The van der Waals surface area contributed by atoms with Gasteiger partial charge >= 0.3 is 17.9 Å². The number of aliphatic carboxylic acids is 1. The highest BCUT2D eigenvalue weighted by atomic mass is 16.5. The first-order chi connectivity index (χ1) is 22.3. The molecule has 0 spiro atoms. The molecule has 2 atom stereocenters. The fourth-order valence-electron chi connectivity index (χ4n) is 5.12. The Morgan fingerprint density at radius 3 is 2.49 bits per heavy atom. The fourth-order valence-corrected chi connectivity index (χ4v) is 5.12. The summed E-state index contributed by atoms with van der Waals surface area (Å²) >= 11 is 0. The fraction of sp³-hybridized carbons (Fsp3) is 0.441. The number of amides is 1. The minimum absolute atomic E-state index is 0.139. The first-order valence-electron chi connectivity index (χ1n) is 15.0. The summed E-state index contributed by atoms with van der Waals surface area (Å²) in [6, 6.07) is 8.65. The number of carboxylic acid groups (broad SMARTS) is 1. The number of ether oxygens (including phenoxy) is 5. The van der Waals surface area contributed by atoms with E-state index in [2.05, 4.69) is 6.58 Å². The number of ketones is 1. The molecule has 2 aromatic carbocycles. The SMILES string of the molecule is C=CC(=O)OCC(C)(C)C(=O)C(=O)N1CCCC[C@H]1C(=O)OC(CCc1ccc(OC)c(OC)c1O)c1cccc(OCC(=O)O)c1. The Balaban J connectivity index is 1.88. The second-order valence-corrected chi connectivity index (χ2v) is 11.6. The number of likely N-dealkylation sites (tertiary alicyclic amines) is 1. The number of phenols is 1. The van der Waals surface area contributed by atoms with Crippen LogP contribution in [0.1, 0.15) is 56.8 Å². The van der Waals surface area contributed by atoms with E-state index in [1.807, 2.05) is 0 Å². The highest BCUT2D eigenvalue weighted by Crippen LogP contribution is 2.40. The molecule has 0 aromatic heterocycles. The Bertz CT molecular complexity index is 1480. The third-order valence-corrected chi connectivity index (χ3v) is 7.72. The maximum atomic E-state index is 13.8. The summed E-state index contributed by atoms with van der Waals surface area (Å²) in [7, 11) is 2.84. The molecule has 0 radical (unpaired) electrons. The molecule has 13 heteroatoms. The van der Waals surface area contributed by atoms with E-state index >= 15 is 0 Å². The van der Waals surface area contributed by atoms with Crippen molar-refractivity contribution in [2.75, 3.05) is 34.0 Å². The van der Waals surface area contributed by atoms with Gasteiger partial charge in [-0.05, 0) is 75.3 Å². The van der Waals surface area contributed by atoms with Crippen LogP contribution in [-0.2, 0) is 39.9 Å². The van der Waals surface area contributed by atoms with Gasteiger partial charge in [-0.3, -0.25) is 9.59 Å². The summed E-state index contributed by atoms with van der Waals surface area (Å²) in [4.78, 5) is 64.3. The van der Waals surface area contributed by atoms with E-state index in [4.69, 9.17) is 28.8 Å². The van der Waals surface area contributed by atoms with Gasteiger partial charge in [0.15, 0.2) is 18.1 Å².